The van der Waals surface area contributed by atoms with Crippen LogP contribution < -0.4 is 5.32 Å². The minimum absolute atomic E-state index is 0.297. The Labute approximate surface area is 94.3 Å². The van der Waals surface area contributed by atoms with Crippen LogP contribution in [0.5, 0.6) is 0 Å². The van der Waals surface area contributed by atoms with E-state index < -0.39 is 5.97 Å². The van der Waals surface area contributed by atoms with Gasteiger partial charge in [0.05, 0.1) is 0 Å². The summed E-state index contributed by atoms with van der Waals surface area (Å²) in [5, 5.41) is 12.4. The molecular formula is C11H17NO2S. The minimum atomic E-state index is -0.744. The van der Waals surface area contributed by atoms with Crippen molar-refractivity contribution >= 4 is 17.7 Å². The van der Waals surface area contributed by atoms with Gasteiger partial charge in [-0.15, -0.1) is 0 Å². The van der Waals surface area contributed by atoms with Crippen LogP contribution in [0, 0.1) is 5.92 Å². The molecule has 2 aliphatic heterocycles. The zero-order valence-electron chi connectivity index (χ0n) is 8.74. The molecule has 84 valence electrons. The molecule has 2 N–H and O–H groups in total. The Morgan fingerprint density at radius 3 is 2.87 bits per heavy atom. The molecule has 0 bridgehead atoms. The van der Waals surface area contributed by atoms with Crippen LogP contribution in [0.3, 0.4) is 0 Å². The lowest BCUT2D eigenvalue weighted by Gasteiger charge is -2.31. The van der Waals surface area contributed by atoms with Crippen LogP contribution in [0.2, 0.25) is 0 Å². The number of carboxylic acid groups (broad SMARTS) is 1. The molecule has 0 saturated carbocycles. The van der Waals surface area contributed by atoms with Crippen molar-refractivity contribution in [2.45, 2.75) is 25.3 Å². The summed E-state index contributed by atoms with van der Waals surface area (Å²) in [5.41, 5.74) is 0.594. The molecule has 0 radical (unpaired) electrons. The maximum Gasteiger partial charge on any atom is 0.331 e. The van der Waals surface area contributed by atoms with Crippen molar-refractivity contribution in [1.29, 1.82) is 0 Å². The molecule has 1 fully saturated rings. The third kappa shape index (κ3) is 2.75. The van der Waals surface area contributed by atoms with Gasteiger partial charge < -0.3 is 10.4 Å². The lowest BCUT2D eigenvalue weighted by Crippen LogP contribution is -2.40. The van der Waals surface area contributed by atoms with Crippen LogP contribution in [0.25, 0.3) is 0 Å². The lowest BCUT2D eigenvalue weighted by atomic mass is 9.89. The molecular weight excluding hydrogens is 210 g/mol. The minimum Gasteiger partial charge on any atom is -0.478 e. The second kappa shape index (κ2) is 5.03. The van der Waals surface area contributed by atoms with Gasteiger partial charge in [-0.2, -0.15) is 11.8 Å². The number of thioether (sulfide) groups is 1. The first-order chi connectivity index (χ1) is 7.27. The molecule has 2 heterocycles. The van der Waals surface area contributed by atoms with Gasteiger partial charge in [0.1, 0.15) is 0 Å². The average molecular weight is 227 g/mol. The summed E-state index contributed by atoms with van der Waals surface area (Å²) in [4.78, 5) is 10.9. The number of carboxylic acids is 1. The van der Waals surface area contributed by atoms with Crippen LogP contribution in [0.1, 0.15) is 19.3 Å². The molecule has 0 spiro atoms. The van der Waals surface area contributed by atoms with Gasteiger partial charge in [0.15, 0.2) is 0 Å². The highest BCUT2D eigenvalue weighted by Crippen LogP contribution is 2.27. The van der Waals surface area contributed by atoms with Crippen LogP contribution in [-0.2, 0) is 4.79 Å². The Morgan fingerprint density at radius 1 is 1.47 bits per heavy atom. The van der Waals surface area contributed by atoms with Crippen molar-refractivity contribution in [3.8, 4) is 0 Å². The van der Waals surface area contributed by atoms with E-state index in [0.29, 0.717) is 24.0 Å². The van der Waals surface area contributed by atoms with Gasteiger partial charge in [0, 0.05) is 11.6 Å². The summed E-state index contributed by atoms with van der Waals surface area (Å²) >= 11 is 2.00. The van der Waals surface area contributed by atoms with Crippen LogP contribution in [0.4, 0.5) is 0 Å². The zero-order valence-corrected chi connectivity index (χ0v) is 9.55. The van der Waals surface area contributed by atoms with E-state index in [9.17, 15) is 4.79 Å². The fourth-order valence-corrected chi connectivity index (χ4v) is 3.43. The molecule has 2 aliphatic rings. The Bertz CT molecular complexity index is 272. The third-order valence-electron chi connectivity index (χ3n) is 3.20. The largest absolute Gasteiger partial charge is 0.478 e. The maximum absolute atomic E-state index is 10.9. The summed E-state index contributed by atoms with van der Waals surface area (Å²) in [6.45, 7) is 0.812. The van der Waals surface area contributed by atoms with Gasteiger partial charge in [-0.05, 0) is 43.2 Å². The number of nitrogens with one attached hydrogen (secondary N) is 1. The monoisotopic (exact) mass is 227 g/mol. The third-order valence-corrected chi connectivity index (χ3v) is 4.25. The van der Waals surface area contributed by atoms with Crippen molar-refractivity contribution in [3.05, 3.63) is 11.6 Å². The number of carbonyl (C=O) groups is 1. The average Bonchev–Trinajstić information content (AvgIpc) is 2.30. The SMILES string of the molecule is O=C(O)C1=CC(C2CCSCC2)NCC1. The molecule has 3 nitrogen and oxygen atoms in total. The van der Waals surface area contributed by atoms with Gasteiger partial charge in [0.25, 0.3) is 0 Å². The molecule has 15 heavy (non-hydrogen) atoms. The smallest absolute Gasteiger partial charge is 0.331 e. The highest BCUT2D eigenvalue weighted by molar-refractivity contribution is 7.99. The Kier molecular flexibility index (Phi) is 3.70. The quantitative estimate of drug-likeness (QED) is 0.750. The van der Waals surface area contributed by atoms with E-state index in [1.807, 2.05) is 17.8 Å². The van der Waals surface area contributed by atoms with Crippen molar-refractivity contribution in [2.24, 2.45) is 5.92 Å². The van der Waals surface area contributed by atoms with E-state index in [2.05, 4.69) is 5.32 Å². The number of aliphatic carboxylic acids is 1. The number of hydrogen-bond acceptors (Lipinski definition) is 3. The normalized spacial score (nSPS) is 28.5. The molecule has 0 aromatic rings. The highest BCUT2D eigenvalue weighted by Gasteiger charge is 2.25. The zero-order chi connectivity index (χ0) is 10.7. The van der Waals surface area contributed by atoms with Gasteiger partial charge in [-0.3, -0.25) is 0 Å². The fraction of sp³-hybridized carbons (Fsp3) is 0.727. The standard InChI is InChI=1S/C11H17NO2S/c13-11(14)9-1-4-12-10(7-9)8-2-5-15-6-3-8/h7-8,10,12H,1-6H2,(H,13,14). The highest BCUT2D eigenvalue weighted by atomic mass is 32.2. The predicted octanol–water partition coefficient (Wildman–Crippen LogP) is 1.50. The topological polar surface area (TPSA) is 49.3 Å². The summed E-state index contributed by atoms with van der Waals surface area (Å²) in [6, 6.07) is 0.297. The van der Waals surface area contributed by atoms with Crippen LogP contribution in [0.15, 0.2) is 11.6 Å². The van der Waals surface area contributed by atoms with Crippen LogP contribution >= 0.6 is 11.8 Å². The van der Waals surface area contributed by atoms with Gasteiger partial charge in [0.2, 0.25) is 0 Å². The molecule has 1 saturated heterocycles. The lowest BCUT2D eigenvalue weighted by molar-refractivity contribution is -0.132. The summed E-state index contributed by atoms with van der Waals surface area (Å²) in [6.07, 6.45) is 5.03. The first kappa shape index (κ1) is 11.0. The molecule has 1 unspecified atom stereocenters. The molecule has 4 heteroatoms. The molecule has 2 rings (SSSR count). The Hall–Kier alpha value is -0.480. The van der Waals surface area contributed by atoms with Gasteiger partial charge >= 0.3 is 5.97 Å². The number of rotatable bonds is 2. The second-order valence-electron chi connectivity index (χ2n) is 4.18. The molecule has 0 aromatic carbocycles. The molecule has 0 aromatic heterocycles. The predicted molar refractivity (Wildman–Crippen MR) is 62.2 cm³/mol. The Morgan fingerprint density at radius 2 is 2.20 bits per heavy atom. The van der Waals surface area contributed by atoms with Crippen LogP contribution in [-0.4, -0.2) is 35.2 Å². The number of hydrogen-bond donors (Lipinski definition) is 2. The van der Waals surface area contributed by atoms with Crippen molar-refractivity contribution in [3.63, 3.8) is 0 Å². The van der Waals surface area contributed by atoms with E-state index in [1.165, 1.54) is 24.3 Å². The van der Waals surface area contributed by atoms with E-state index in [0.717, 1.165) is 6.54 Å². The van der Waals surface area contributed by atoms with E-state index >= 15 is 0 Å². The first-order valence-corrected chi connectivity index (χ1v) is 6.68. The van der Waals surface area contributed by atoms with Crippen molar-refractivity contribution in [2.75, 3.05) is 18.1 Å². The van der Waals surface area contributed by atoms with Crippen molar-refractivity contribution in [1.82, 2.24) is 5.32 Å². The molecule has 0 aliphatic carbocycles. The van der Waals surface area contributed by atoms with E-state index in [-0.39, 0.29) is 0 Å². The van der Waals surface area contributed by atoms with Crippen molar-refractivity contribution < 1.29 is 9.90 Å². The van der Waals surface area contributed by atoms with E-state index in [1.54, 1.807) is 0 Å². The van der Waals surface area contributed by atoms with Gasteiger partial charge in [-0.1, -0.05) is 6.08 Å². The molecule has 1 atom stereocenters. The van der Waals surface area contributed by atoms with E-state index in [4.69, 9.17) is 5.11 Å². The second-order valence-corrected chi connectivity index (χ2v) is 5.40. The fourth-order valence-electron chi connectivity index (χ4n) is 2.29. The summed E-state index contributed by atoms with van der Waals surface area (Å²) in [5.74, 6) is 2.34. The molecule has 0 amide bonds. The van der Waals surface area contributed by atoms with Gasteiger partial charge in [-0.25, -0.2) is 4.79 Å². The summed E-state index contributed by atoms with van der Waals surface area (Å²) < 4.78 is 0. The first-order valence-electron chi connectivity index (χ1n) is 5.52. The maximum atomic E-state index is 10.9. The Balaban J connectivity index is 2.01. The summed E-state index contributed by atoms with van der Waals surface area (Å²) in [7, 11) is 0.